The predicted molar refractivity (Wildman–Crippen MR) is 82.9 cm³/mol. The summed E-state index contributed by atoms with van der Waals surface area (Å²) in [6, 6.07) is 10.8. The number of hydrogen-bond donors (Lipinski definition) is 2. The van der Waals surface area contributed by atoms with Crippen LogP contribution in [0, 0.1) is 13.8 Å². The lowest BCUT2D eigenvalue weighted by Crippen LogP contribution is -2.15. The zero-order chi connectivity index (χ0) is 15.4. The Morgan fingerprint density at radius 2 is 1.95 bits per heavy atom. The fourth-order valence-corrected chi connectivity index (χ4v) is 2.10. The van der Waals surface area contributed by atoms with Gasteiger partial charge in [0.15, 0.2) is 0 Å². The summed E-state index contributed by atoms with van der Waals surface area (Å²) in [5.74, 6) is 0.867. The first-order valence-electron chi connectivity index (χ1n) is 6.72. The van der Waals surface area contributed by atoms with Gasteiger partial charge in [0, 0.05) is 5.69 Å². The number of rotatable bonds is 4. The summed E-state index contributed by atoms with van der Waals surface area (Å²) in [7, 11) is 1.60. The molecule has 0 aliphatic rings. The van der Waals surface area contributed by atoms with Crippen molar-refractivity contribution in [1.82, 2.24) is 0 Å². The van der Waals surface area contributed by atoms with Gasteiger partial charge < -0.3 is 15.2 Å². The van der Waals surface area contributed by atoms with Gasteiger partial charge in [-0.05, 0) is 54.8 Å². The second kappa shape index (κ2) is 6.31. The van der Waals surface area contributed by atoms with Crippen LogP contribution in [0.1, 0.15) is 16.7 Å². The number of methoxy groups -OCH3 is 1. The van der Waals surface area contributed by atoms with Crippen LogP contribution in [0.25, 0.3) is 0 Å². The Labute approximate surface area is 124 Å². The summed E-state index contributed by atoms with van der Waals surface area (Å²) >= 11 is 0. The minimum absolute atomic E-state index is 0.101. The zero-order valence-electron chi connectivity index (χ0n) is 12.4. The molecule has 110 valence electrons. The van der Waals surface area contributed by atoms with Crippen LogP contribution in [-0.2, 0) is 11.2 Å². The van der Waals surface area contributed by atoms with Crippen LogP contribution in [0.2, 0.25) is 0 Å². The third kappa shape index (κ3) is 3.75. The molecule has 0 fully saturated rings. The molecule has 21 heavy (non-hydrogen) atoms. The minimum atomic E-state index is -0.101. The number of ether oxygens (including phenoxy) is 1. The highest BCUT2D eigenvalue weighted by Crippen LogP contribution is 2.25. The Bertz CT molecular complexity index is 665. The van der Waals surface area contributed by atoms with Crippen LogP contribution >= 0.6 is 0 Å². The molecule has 0 spiro atoms. The van der Waals surface area contributed by atoms with E-state index in [0.29, 0.717) is 0 Å². The van der Waals surface area contributed by atoms with E-state index in [1.54, 1.807) is 26.2 Å². The molecule has 0 bridgehead atoms. The number of aryl methyl sites for hydroxylation is 2. The third-order valence-electron chi connectivity index (χ3n) is 3.32. The number of carbonyl (C=O) groups is 1. The summed E-state index contributed by atoms with van der Waals surface area (Å²) < 4.78 is 5.14. The van der Waals surface area contributed by atoms with Crippen LogP contribution in [0.3, 0.4) is 0 Å². The van der Waals surface area contributed by atoms with Crippen LogP contribution in [0.15, 0.2) is 36.4 Å². The van der Waals surface area contributed by atoms with Crippen molar-refractivity contribution in [2.45, 2.75) is 20.3 Å². The Morgan fingerprint density at radius 3 is 2.67 bits per heavy atom. The number of nitrogens with one attached hydrogen (secondary N) is 1. The van der Waals surface area contributed by atoms with Crippen molar-refractivity contribution in [1.29, 1.82) is 0 Å². The highest BCUT2D eigenvalue weighted by Gasteiger charge is 2.09. The van der Waals surface area contributed by atoms with Crippen molar-refractivity contribution in [2.75, 3.05) is 12.4 Å². The van der Waals surface area contributed by atoms with Gasteiger partial charge >= 0.3 is 0 Å². The fraction of sp³-hybridized carbons (Fsp3) is 0.235. The standard InChI is InChI=1S/C17H19NO3/c1-11-8-16(19)12(2)7-15(11)18-17(20)10-13-5-4-6-14(9-13)21-3/h4-9,19H,10H2,1-3H3,(H,18,20). The van der Waals surface area contributed by atoms with Crippen LogP contribution < -0.4 is 10.1 Å². The van der Waals surface area contributed by atoms with E-state index in [0.717, 1.165) is 28.1 Å². The summed E-state index contributed by atoms with van der Waals surface area (Å²) in [5, 5.41) is 12.5. The second-order valence-electron chi connectivity index (χ2n) is 5.03. The van der Waals surface area contributed by atoms with Gasteiger partial charge in [-0.1, -0.05) is 12.1 Å². The molecule has 0 radical (unpaired) electrons. The molecule has 0 heterocycles. The first kappa shape index (κ1) is 14.9. The molecule has 0 unspecified atom stereocenters. The largest absolute Gasteiger partial charge is 0.508 e. The summed E-state index contributed by atoms with van der Waals surface area (Å²) in [6.07, 6.45) is 0.274. The van der Waals surface area contributed by atoms with E-state index < -0.39 is 0 Å². The van der Waals surface area contributed by atoms with E-state index in [-0.39, 0.29) is 18.1 Å². The summed E-state index contributed by atoms with van der Waals surface area (Å²) in [4.78, 5) is 12.1. The number of phenolic OH excluding ortho intramolecular Hbond substituents is 1. The number of phenols is 1. The van der Waals surface area contributed by atoms with Crippen molar-refractivity contribution >= 4 is 11.6 Å². The number of benzene rings is 2. The second-order valence-corrected chi connectivity index (χ2v) is 5.03. The quantitative estimate of drug-likeness (QED) is 0.848. The number of hydrogen-bond acceptors (Lipinski definition) is 3. The molecule has 0 aromatic heterocycles. The maximum Gasteiger partial charge on any atom is 0.228 e. The Kier molecular flexibility index (Phi) is 4.48. The molecule has 2 N–H and O–H groups in total. The highest BCUT2D eigenvalue weighted by molar-refractivity contribution is 5.93. The molecular formula is C17H19NO3. The fourth-order valence-electron chi connectivity index (χ4n) is 2.10. The van der Waals surface area contributed by atoms with E-state index >= 15 is 0 Å². The van der Waals surface area contributed by atoms with Gasteiger partial charge in [-0.25, -0.2) is 0 Å². The van der Waals surface area contributed by atoms with E-state index in [9.17, 15) is 9.90 Å². The lowest BCUT2D eigenvalue weighted by molar-refractivity contribution is -0.115. The number of carbonyl (C=O) groups excluding carboxylic acids is 1. The Hall–Kier alpha value is -2.49. The molecule has 2 aromatic rings. The van der Waals surface area contributed by atoms with Gasteiger partial charge in [0.25, 0.3) is 0 Å². The molecule has 0 atom stereocenters. The van der Waals surface area contributed by atoms with Gasteiger partial charge in [0.1, 0.15) is 11.5 Å². The summed E-state index contributed by atoms with van der Waals surface area (Å²) in [6.45, 7) is 3.65. The molecule has 2 aromatic carbocycles. The topological polar surface area (TPSA) is 58.6 Å². The first-order chi connectivity index (χ1) is 9.99. The van der Waals surface area contributed by atoms with Crippen molar-refractivity contribution < 1.29 is 14.6 Å². The van der Waals surface area contributed by atoms with Gasteiger partial charge in [-0.3, -0.25) is 4.79 Å². The van der Waals surface area contributed by atoms with E-state index in [1.807, 2.05) is 31.2 Å². The molecule has 4 heteroatoms. The first-order valence-corrected chi connectivity index (χ1v) is 6.72. The number of amides is 1. The number of aromatic hydroxyl groups is 1. The average molecular weight is 285 g/mol. The lowest BCUT2D eigenvalue weighted by Gasteiger charge is -2.11. The van der Waals surface area contributed by atoms with Crippen molar-refractivity contribution in [3.63, 3.8) is 0 Å². The van der Waals surface area contributed by atoms with E-state index in [1.165, 1.54) is 0 Å². The highest BCUT2D eigenvalue weighted by atomic mass is 16.5. The smallest absolute Gasteiger partial charge is 0.228 e. The third-order valence-corrected chi connectivity index (χ3v) is 3.32. The molecule has 0 saturated carbocycles. The van der Waals surface area contributed by atoms with Crippen molar-refractivity contribution in [3.05, 3.63) is 53.1 Å². The zero-order valence-corrected chi connectivity index (χ0v) is 12.4. The van der Waals surface area contributed by atoms with E-state index in [4.69, 9.17) is 4.74 Å². The van der Waals surface area contributed by atoms with Crippen LogP contribution in [0.5, 0.6) is 11.5 Å². The molecular weight excluding hydrogens is 266 g/mol. The van der Waals surface area contributed by atoms with Gasteiger partial charge in [-0.2, -0.15) is 0 Å². The average Bonchev–Trinajstić information content (AvgIpc) is 2.45. The van der Waals surface area contributed by atoms with Crippen molar-refractivity contribution in [3.8, 4) is 11.5 Å². The molecule has 0 aliphatic heterocycles. The Balaban J connectivity index is 2.09. The molecule has 2 rings (SSSR count). The number of anilines is 1. The predicted octanol–water partition coefficient (Wildman–Crippen LogP) is 3.20. The maximum absolute atomic E-state index is 12.1. The minimum Gasteiger partial charge on any atom is -0.508 e. The molecule has 4 nitrogen and oxygen atoms in total. The van der Waals surface area contributed by atoms with Crippen LogP contribution in [-0.4, -0.2) is 18.1 Å². The van der Waals surface area contributed by atoms with Crippen LogP contribution in [0.4, 0.5) is 5.69 Å². The lowest BCUT2D eigenvalue weighted by atomic mass is 10.1. The van der Waals surface area contributed by atoms with Gasteiger partial charge in [0.2, 0.25) is 5.91 Å². The normalized spacial score (nSPS) is 10.2. The van der Waals surface area contributed by atoms with Gasteiger partial charge in [-0.15, -0.1) is 0 Å². The summed E-state index contributed by atoms with van der Waals surface area (Å²) in [5.41, 5.74) is 3.17. The SMILES string of the molecule is COc1cccc(CC(=O)Nc2cc(C)c(O)cc2C)c1. The van der Waals surface area contributed by atoms with Crippen molar-refractivity contribution in [2.24, 2.45) is 0 Å². The molecule has 0 aliphatic carbocycles. The molecule has 0 saturated heterocycles. The Morgan fingerprint density at radius 1 is 1.19 bits per heavy atom. The van der Waals surface area contributed by atoms with E-state index in [2.05, 4.69) is 5.32 Å². The monoisotopic (exact) mass is 285 g/mol. The maximum atomic E-state index is 12.1. The van der Waals surface area contributed by atoms with Gasteiger partial charge in [0.05, 0.1) is 13.5 Å². The molecule has 1 amide bonds.